The molecule has 0 aliphatic rings. The van der Waals surface area contributed by atoms with Gasteiger partial charge in [0.2, 0.25) is 0 Å². The van der Waals surface area contributed by atoms with Crippen molar-refractivity contribution in [1.29, 1.82) is 0 Å². The maximum atomic E-state index is 12.3. The molecule has 6 heteroatoms. The summed E-state index contributed by atoms with van der Waals surface area (Å²) in [5.41, 5.74) is 2.27. The van der Waals surface area contributed by atoms with Crippen LogP contribution in [0.5, 0.6) is 5.75 Å². The number of rotatable bonds is 11. The van der Waals surface area contributed by atoms with Crippen molar-refractivity contribution in [1.82, 2.24) is 0 Å². The summed E-state index contributed by atoms with van der Waals surface area (Å²) in [5.74, 6) is 0.783. The standard InChI is InChI=1S/C22H29Cl3O3/c1-6-16(21(24)25)10-11-28-19-13-17(18(23)12-15(19)2)8-7-9-20(26)22(3,4)14-27-5/h7,9,12-13H,6,8,10-11,14H2,1-5H3. The van der Waals surface area contributed by atoms with Gasteiger partial charge in [0.05, 0.1) is 18.6 Å². The number of allylic oxidation sites excluding steroid dienone is 2. The third-order valence-corrected chi connectivity index (χ3v) is 5.36. The molecule has 1 aromatic carbocycles. The molecule has 0 fully saturated rings. The predicted molar refractivity (Wildman–Crippen MR) is 119 cm³/mol. The number of hydrogen-bond donors (Lipinski definition) is 0. The highest BCUT2D eigenvalue weighted by atomic mass is 35.5. The Bertz CT molecular complexity index is 733. The van der Waals surface area contributed by atoms with Gasteiger partial charge in [-0.05, 0) is 54.7 Å². The summed E-state index contributed by atoms with van der Waals surface area (Å²) in [4.78, 5) is 12.3. The average Bonchev–Trinajstić information content (AvgIpc) is 2.61. The molecule has 0 aliphatic carbocycles. The van der Waals surface area contributed by atoms with Crippen LogP contribution in [0.1, 0.15) is 44.7 Å². The minimum absolute atomic E-state index is 0.0193. The lowest BCUT2D eigenvalue weighted by molar-refractivity contribution is -0.124. The van der Waals surface area contributed by atoms with Gasteiger partial charge >= 0.3 is 0 Å². The van der Waals surface area contributed by atoms with Gasteiger partial charge in [0, 0.05) is 18.6 Å². The molecule has 0 saturated heterocycles. The second-order valence-corrected chi connectivity index (χ2v) is 8.67. The van der Waals surface area contributed by atoms with E-state index < -0.39 is 5.41 Å². The van der Waals surface area contributed by atoms with Gasteiger partial charge in [0.25, 0.3) is 0 Å². The number of ketones is 1. The molecular weight excluding hydrogens is 419 g/mol. The van der Waals surface area contributed by atoms with Crippen molar-refractivity contribution in [2.75, 3.05) is 20.3 Å². The Labute approximate surface area is 183 Å². The Morgan fingerprint density at radius 3 is 2.50 bits per heavy atom. The van der Waals surface area contributed by atoms with Gasteiger partial charge in [-0.3, -0.25) is 4.79 Å². The molecule has 0 unspecified atom stereocenters. The molecule has 0 radical (unpaired) electrons. The zero-order valence-electron chi connectivity index (χ0n) is 17.2. The molecule has 0 amide bonds. The van der Waals surface area contributed by atoms with Crippen molar-refractivity contribution < 1.29 is 14.3 Å². The Balaban J connectivity index is 2.81. The van der Waals surface area contributed by atoms with Crippen LogP contribution in [0.15, 0.2) is 34.3 Å². The molecule has 0 heterocycles. The minimum atomic E-state index is -0.551. The molecule has 0 N–H and O–H groups in total. The van der Waals surface area contributed by atoms with E-state index >= 15 is 0 Å². The number of methoxy groups -OCH3 is 1. The number of halogens is 3. The van der Waals surface area contributed by atoms with E-state index in [9.17, 15) is 4.79 Å². The summed E-state index contributed by atoms with van der Waals surface area (Å²) in [7, 11) is 1.59. The minimum Gasteiger partial charge on any atom is -0.493 e. The molecule has 0 aromatic heterocycles. The first-order valence-corrected chi connectivity index (χ1v) is 10.4. The maximum Gasteiger partial charge on any atom is 0.163 e. The normalized spacial score (nSPS) is 11.7. The van der Waals surface area contributed by atoms with Crippen LogP contribution in [0, 0.1) is 12.3 Å². The van der Waals surface area contributed by atoms with Crippen molar-refractivity contribution in [3.63, 3.8) is 0 Å². The van der Waals surface area contributed by atoms with Crippen molar-refractivity contribution in [2.24, 2.45) is 5.41 Å². The summed E-state index contributed by atoms with van der Waals surface area (Å²) >= 11 is 18.1. The lowest BCUT2D eigenvalue weighted by atomic mass is 9.88. The van der Waals surface area contributed by atoms with E-state index in [4.69, 9.17) is 44.3 Å². The van der Waals surface area contributed by atoms with Crippen molar-refractivity contribution >= 4 is 40.6 Å². The number of carbonyl (C=O) groups excluding carboxylic acids is 1. The van der Waals surface area contributed by atoms with Crippen LogP contribution in [0.3, 0.4) is 0 Å². The highest BCUT2D eigenvalue weighted by Gasteiger charge is 2.24. The summed E-state index contributed by atoms with van der Waals surface area (Å²) in [5, 5.41) is 0.649. The van der Waals surface area contributed by atoms with Crippen LogP contribution in [0.2, 0.25) is 5.02 Å². The molecule has 28 heavy (non-hydrogen) atoms. The Morgan fingerprint density at radius 2 is 1.93 bits per heavy atom. The molecule has 156 valence electrons. The maximum absolute atomic E-state index is 12.3. The molecule has 0 saturated carbocycles. The summed E-state index contributed by atoms with van der Waals surface area (Å²) in [6, 6.07) is 3.80. The van der Waals surface area contributed by atoms with E-state index in [1.165, 1.54) is 0 Å². The van der Waals surface area contributed by atoms with Gasteiger partial charge in [-0.2, -0.15) is 0 Å². The van der Waals surface area contributed by atoms with E-state index in [2.05, 4.69) is 0 Å². The van der Waals surface area contributed by atoms with Gasteiger partial charge in [0.15, 0.2) is 5.78 Å². The highest BCUT2D eigenvalue weighted by molar-refractivity contribution is 6.56. The summed E-state index contributed by atoms with van der Waals surface area (Å²) < 4.78 is 11.3. The van der Waals surface area contributed by atoms with Gasteiger partial charge in [-0.1, -0.05) is 61.7 Å². The fourth-order valence-corrected chi connectivity index (χ4v) is 3.40. The largest absolute Gasteiger partial charge is 0.493 e. The third-order valence-electron chi connectivity index (χ3n) is 4.48. The van der Waals surface area contributed by atoms with Crippen LogP contribution in [0.4, 0.5) is 0 Å². The lowest BCUT2D eigenvalue weighted by Crippen LogP contribution is -2.27. The molecule has 0 spiro atoms. The van der Waals surface area contributed by atoms with E-state index in [1.54, 1.807) is 13.2 Å². The van der Waals surface area contributed by atoms with Crippen LogP contribution < -0.4 is 4.74 Å². The smallest absolute Gasteiger partial charge is 0.163 e. The SMILES string of the molecule is CCC(CCOc1cc(CC=CC(=O)C(C)(C)COC)c(Cl)cc1C)=C(Cl)Cl. The van der Waals surface area contributed by atoms with Gasteiger partial charge < -0.3 is 9.47 Å². The monoisotopic (exact) mass is 446 g/mol. The van der Waals surface area contributed by atoms with Crippen molar-refractivity contribution in [3.05, 3.63) is 50.5 Å². The van der Waals surface area contributed by atoms with Crippen LogP contribution >= 0.6 is 34.8 Å². The van der Waals surface area contributed by atoms with Gasteiger partial charge in [0.1, 0.15) is 10.2 Å². The van der Waals surface area contributed by atoms with E-state index in [0.717, 1.165) is 28.9 Å². The molecule has 0 bridgehead atoms. The number of ether oxygens (including phenoxy) is 2. The van der Waals surface area contributed by atoms with E-state index in [-0.39, 0.29) is 5.78 Å². The molecule has 1 aromatic rings. The van der Waals surface area contributed by atoms with Gasteiger partial charge in [-0.25, -0.2) is 0 Å². The molecule has 1 rings (SSSR count). The Kier molecular flexibility index (Phi) is 10.6. The van der Waals surface area contributed by atoms with E-state index in [1.807, 2.05) is 45.9 Å². The van der Waals surface area contributed by atoms with E-state index in [0.29, 0.717) is 35.6 Å². The zero-order valence-corrected chi connectivity index (χ0v) is 19.5. The van der Waals surface area contributed by atoms with Crippen LogP contribution in [-0.2, 0) is 16.0 Å². The first kappa shape index (κ1) is 25.0. The number of hydrogen-bond acceptors (Lipinski definition) is 3. The number of carbonyl (C=O) groups is 1. The van der Waals surface area contributed by atoms with Crippen molar-refractivity contribution in [2.45, 2.75) is 47.0 Å². The lowest BCUT2D eigenvalue weighted by Gasteiger charge is -2.19. The molecular formula is C22H29Cl3O3. The summed E-state index contributed by atoms with van der Waals surface area (Å²) in [6.45, 7) is 8.53. The second-order valence-electron chi connectivity index (χ2n) is 7.31. The third kappa shape index (κ3) is 7.79. The zero-order chi connectivity index (χ0) is 21.3. The predicted octanol–water partition coefficient (Wildman–Crippen LogP) is 6.86. The molecule has 0 aliphatic heterocycles. The van der Waals surface area contributed by atoms with Crippen LogP contribution in [0.25, 0.3) is 0 Å². The topological polar surface area (TPSA) is 35.5 Å². The number of benzene rings is 1. The number of aryl methyl sites for hydroxylation is 1. The van der Waals surface area contributed by atoms with Crippen molar-refractivity contribution in [3.8, 4) is 5.75 Å². The molecule has 0 atom stereocenters. The summed E-state index contributed by atoms with van der Waals surface area (Å²) in [6.07, 6.45) is 5.41. The highest BCUT2D eigenvalue weighted by Crippen LogP contribution is 2.28. The molecule has 3 nitrogen and oxygen atoms in total. The Morgan fingerprint density at radius 1 is 1.25 bits per heavy atom. The first-order valence-electron chi connectivity index (χ1n) is 9.27. The van der Waals surface area contributed by atoms with Crippen LogP contribution in [-0.4, -0.2) is 26.1 Å². The fraction of sp³-hybridized carbons (Fsp3) is 0.500. The average molecular weight is 448 g/mol. The van der Waals surface area contributed by atoms with Gasteiger partial charge in [-0.15, -0.1) is 0 Å². The Hall–Kier alpha value is -1.000. The fourth-order valence-electron chi connectivity index (χ4n) is 2.65. The second kappa shape index (κ2) is 11.9. The first-order chi connectivity index (χ1) is 13.1. The quantitative estimate of drug-likeness (QED) is 0.348.